The fraction of sp³-hybridized carbons (Fsp3) is 0. The van der Waals surface area contributed by atoms with E-state index < -0.39 is 0 Å². The number of nitrogens with zero attached hydrogens (tertiary/aromatic N) is 5. The second-order valence-corrected chi connectivity index (χ2v) is 4.56. The van der Waals surface area contributed by atoms with E-state index in [2.05, 4.69) is 20.5 Å². The van der Waals surface area contributed by atoms with Gasteiger partial charge in [-0.3, -0.25) is 4.98 Å². The molecule has 3 aromatic rings. The van der Waals surface area contributed by atoms with Gasteiger partial charge in [-0.1, -0.05) is 35.3 Å². The molecule has 0 amide bonds. The Morgan fingerprint density at radius 1 is 1.00 bits per heavy atom. The van der Waals surface area contributed by atoms with Gasteiger partial charge >= 0.3 is 0 Å². The maximum absolute atomic E-state index is 6.25. The van der Waals surface area contributed by atoms with Gasteiger partial charge in [0.15, 0.2) is 0 Å². The van der Waals surface area contributed by atoms with Crippen LogP contribution in [0.2, 0.25) is 10.0 Å². The van der Waals surface area contributed by atoms with Gasteiger partial charge in [-0.05, 0) is 22.6 Å². The van der Waals surface area contributed by atoms with Gasteiger partial charge < -0.3 is 0 Å². The molecule has 0 spiro atoms. The Labute approximate surface area is 118 Å². The fourth-order valence-electron chi connectivity index (χ4n) is 1.82. The lowest BCUT2D eigenvalue weighted by molar-refractivity contribution is 0.790. The van der Waals surface area contributed by atoms with E-state index in [0.29, 0.717) is 15.7 Å². The first-order valence-electron chi connectivity index (χ1n) is 5.39. The van der Waals surface area contributed by atoms with E-state index in [1.54, 1.807) is 18.5 Å². The Balaban J connectivity index is 2.29. The summed E-state index contributed by atoms with van der Waals surface area (Å²) in [5.74, 6) is 0. The van der Waals surface area contributed by atoms with Crippen LogP contribution in [-0.2, 0) is 0 Å². The van der Waals surface area contributed by atoms with Crippen molar-refractivity contribution >= 4 is 23.2 Å². The number of aromatic nitrogens is 5. The normalized spacial score (nSPS) is 10.6. The second-order valence-electron chi connectivity index (χ2n) is 3.75. The second kappa shape index (κ2) is 4.95. The zero-order chi connectivity index (χ0) is 13.2. The predicted molar refractivity (Wildman–Crippen MR) is 72.4 cm³/mol. The minimum Gasteiger partial charge on any atom is -0.263 e. The third-order valence-corrected chi connectivity index (χ3v) is 3.23. The summed E-state index contributed by atoms with van der Waals surface area (Å²) in [4.78, 5) is 3.97. The summed E-state index contributed by atoms with van der Waals surface area (Å²) in [6.07, 6.45) is 4.74. The van der Waals surface area contributed by atoms with Gasteiger partial charge in [0, 0.05) is 23.5 Å². The maximum Gasteiger partial charge on any atom is 0.143 e. The van der Waals surface area contributed by atoms with Crippen LogP contribution in [0.15, 0.2) is 43.0 Å². The summed E-state index contributed by atoms with van der Waals surface area (Å²) in [5, 5.41) is 12.2. The number of halogens is 2. The van der Waals surface area contributed by atoms with Gasteiger partial charge in [0.05, 0.1) is 15.7 Å². The van der Waals surface area contributed by atoms with Crippen molar-refractivity contribution in [1.29, 1.82) is 0 Å². The summed E-state index contributed by atoms with van der Waals surface area (Å²) in [6, 6.07) is 7.35. The largest absolute Gasteiger partial charge is 0.263 e. The van der Waals surface area contributed by atoms with Crippen LogP contribution in [0.4, 0.5) is 0 Å². The van der Waals surface area contributed by atoms with Gasteiger partial charge in [0.2, 0.25) is 0 Å². The van der Waals surface area contributed by atoms with Crippen LogP contribution < -0.4 is 0 Å². The quantitative estimate of drug-likeness (QED) is 0.728. The first-order chi connectivity index (χ1) is 9.27. The standard InChI is InChI=1S/C12H7Cl2N5/c13-10-3-1-2-9(8-4-5-15-6-11(8)14)12(10)19-7-16-17-18-19/h1-7H. The molecule has 94 valence electrons. The highest BCUT2D eigenvalue weighted by molar-refractivity contribution is 6.34. The van der Waals surface area contributed by atoms with Crippen molar-refractivity contribution in [2.24, 2.45) is 0 Å². The molecule has 0 aliphatic heterocycles. The molecular weight excluding hydrogens is 285 g/mol. The molecule has 7 heteroatoms. The third kappa shape index (κ3) is 2.18. The molecule has 5 nitrogen and oxygen atoms in total. The molecule has 0 fully saturated rings. The maximum atomic E-state index is 6.25. The summed E-state index contributed by atoms with van der Waals surface area (Å²) >= 11 is 12.4. The van der Waals surface area contributed by atoms with Crippen LogP contribution in [0, 0.1) is 0 Å². The van der Waals surface area contributed by atoms with E-state index in [0.717, 1.165) is 11.1 Å². The van der Waals surface area contributed by atoms with E-state index in [1.165, 1.54) is 11.0 Å². The van der Waals surface area contributed by atoms with Crippen molar-refractivity contribution in [3.8, 4) is 16.8 Å². The van der Waals surface area contributed by atoms with Gasteiger partial charge in [-0.25, -0.2) is 0 Å². The van der Waals surface area contributed by atoms with E-state index in [1.807, 2.05) is 18.2 Å². The lowest BCUT2D eigenvalue weighted by atomic mass is 10.0. The van der Waals surface area contributed by atoms with Crippen LogP contribution in [0.25, 0.3) is 16.8 Å². The first kappa shape index (κ1) is 12.1. The number of rotatable bonds is 2. The average Bonchev–Trinajstić information content (AvgIpc) is 2.92. The molecular formula is C12H7Cl2N5. The molecule has 0 aliphatic carbocycles. The Kier molecular flexibility index (Phi) is 3.15. The van der Waals surface area contributed by atoms with Crippen molar-refractivity contribution in [2.75, 3.05) is 0 Å². The highest BCUT2D eigenvalue weighted by Crippen LogP contribution is 2.35. The van der Waals surface area contributed by atoms with Crippen molar-refractivity contribution in [3.05, 3.63) is 53.0 Å². The fourth-order valence-corrected chi connectivity index (χ4v) is 2.31. The van der Waals surface area contributed by atoms with Crippen LogP contribution in [0.3, 0.4) is 0 Å². The monoisotopic (exact) mass is 291 g/mol. The molecule has 0 N–H and O–H groups in total. The molecule has 0 aliphatic rings. The molecule has 3 rings (SSSR count). The minimum absolute atomic E-state index is 0.540. The SMILES string of the molecule is Clc1cnccc1-c1cccc(Cl)c1-n1cnnn1. The Bertz CT molecular complexity index is 712. The molecule has 2 aromatic heterocycles. The third-order valence-electron chi connectivity index (χ3n) is 2.63. The summed E-state index contributed by atoms with van der Waals surface area (Å²) < 4.78 is 1.51. The highest BCUT2D eigenvalue weighted by atomic mass is 35.5. The van der Waals surface area contributed by atoms with E-state index in [9.17, 15) is 0 Å². The number of tetrazole rings is 1. The molecule has 0 radical (unpaired) electrons. The number of hydrogen-bond acceptors (Lipinski definition) is 4. The zero-order valence-electron chi connectivity index (χ0n) is 9.53. The number of benzene rings is 1. The highest BCUT2D eigenvalue weighted by Gasteiger charge is 2.14. The molecule has 0 saturated carbocycles. The van der Waals surface area contributed by atoms with Gasteiger partial charge in [-0.2, -0.15) is 4.68 Å². The van der Waals surface area contributed by atoms with Crippen LogP contribution >= 0.6 is 23.2 Å². The number of para-hydroxylation sites is 1. The Hall–Kier alpha value is -1.98. The Morgan fingerprint density at radius 2 is 1.89 bits per heavy atom. The van der Waals surface area contributed by atoms with Crippen LogP contribution in [-0.4, -0.2) is 25.2 Å². The molecule has 0 unspecified atom stereocenters. The number of hydrogen-bond donors (Lipinski definition) is 0. The topological polar surface area (TPSA) is 56.5 Å². The molecule has 19 heavy (non-hydrogen) atoms. The van der Waals surface area contributed by atoms with Crippen LogP contribution in [0.5, 0.6) is 0 Å². The lowest BCUT2D eigenvalue weighted by Gasteiger charge is -2.11. The first-order valence-corrected chi connectivity index (χ1v) is 6.14. The Morgan fingerprint density at radius 3 is 2.63 bits per heavy atom. The van der Waals surface area contributed by atoms with Crippen molar-refractivity contribution in [1.82, 2.24) is 25.2 Å². The van der Waals surface area contributed by atoms with Crippen molar-refractivity contribution < 1.29 is 0 Å². The van der Waals surface area contributed by atoms with Crippen LogP contribution in [0.1, 0.15) is 0 Å². The van der Waals surface area contributed by atoms with E-state index in [-0.39, 0.29) is 0 Å². The molecule has 0 bridgehead atoms. The van der Waals surface area contributed by atoms with E-state index in [4.69, 9.17) is 23.2 Å². The molecule has 1 aromatic carbocycles. The van der Waals surface area contributed by atoms with E-state index >= 15 is 0 Å². The summed E-state index contributed by atoms with van der Waals surface area (Å²) in [5.41, 5.74) is 2.35. The minimum atomic E-state index is 0.540. The molecule has 2 heterocycles. The molecule has 0 atom stereocenters. The van der Waals surface area contributed by atoms with Gasteiger partial charge in [0.1, 0.15) is 6.33 Å². The van der Waals surface area contributed by atoms with Gasteiger partial charge in [-0.15, -0.1) is 5.10 Å². The molecule has 0 saturated heterocycles. The van der Waals surface area contributed by atoms with Crippen molar-refractivity contribution in [2.45, 2.75) is 0 Å². The summed E-state index contributed by atoms with van der Waals surface area (Å²) in [7, 11) is 0. The van der Waals surface area contributed by atoms with Gasteiger partial charge in [0.25, 0.3) is 0 Å². The lowest BCUT2D eigenvalue weighted by Crippen LogP contribution is -1.99. The summed E-state index contributed by atoms with van der Waals surface area (Å²) in [6.45, 7) is 0. The average molecular weight is 292 g/mol. The number of pyridine rings is 1. The predicted octanol–water partition coefficient (Wildman–Crippen LogP) is 3.03. The smallest absolute Gasteiger partial charge is 0.143 e. The zero-order valence-corrected chi connectivity index (χ0v) is 11.0. The van der Waals surface area contributed by atoms with Crippen molar-refractivity contribution in [3.63, 3.8) is 0 Å².